The van der Waals surface area contributed by atoms with E-state index in [-0.39, 0.29) is 18.0 Å². The van der Waals surface area contributed by atoms with Crippen molar-refractivity contribution in [3.8, 4) is 0 Å². The molecule has 17 heavy (non-hydrogen) atoms. The Morgan fingerprint density at radius 1 is 1.18 bits per heavy atom. The molecule has 6 heteroatoms. The van der Waals surface area contributed by atoms with Gasteiger partial charge in [0, 0.05) is 16.7 Å². The number of benzene rings is 1. The van der Waals surface area contributed by atoms with Gasteiger partial charge in [0.1, 0.15) is 6.17 Å². The van der Waals surface area contributed by atoms with E-state index in [0.717, 1.165) is 3.57 Å². The smallest absolute Gasteiger partial charge is 0.243 e. The third-order valence-corrected chi connectivity index (χ3v) is 5.47. The molecule has 1 heterocycles. The molecule has 1 aromatic rings. The van der Waals surface area contributed by atoms with Crippen LogP contribution in [0.2, 0.25) is 0 Å². The van der Waals surface area contributed by atoms with Crippen LogP contribution in [0.5, 0.6) is 0 Å². The summed E-state index contributed by atoms with van der Waals surface area (Å²) in [5, 5.41) is 0. The summed E-state index contributed by atoms with van der Waals surface area (Å²) in [6, 6.07) is 6.71. The molecule has 0 amide bonds. The van der Waals surface area contributed by atoms with Gasteiger partial charge in [-0.25, -0.2) is 12.8 Å². The molecule has 0 atom stereocenters. The summed E-state index contributed by atoms with van der Waals surface area (Å²) in [4.78, 5) is 0.287. The Labute approximate surface area is 114 Å². The van der Waals surface area contributed by atoms with Crippen LogP contribution in [0.25, 0.3) is 0 Å². The third-order valence-electron chi connectivity index (χ3n) is 2.83. The lowest BCUT2D eigenvalue weighted by atomic mass is 10.1. The van der Waals surface area contributed by atoms with Crippen molar-refractivity contribution in [2.75, 3.05) is 13.1 Å². The Bertz CT molecular complexity index is 481. The van der Waals surface area contributed by atoms with Crippen molar-refractivity contribution in [2.24, 2.45) is 0 Å². The molecule has 0 unspecified atom stereocenters. The molecule has 2 rings (SSSR count). The quantitative estimate of drug-likeness (QED) is 0.751. The zero-order valence-corrected chi connectivity index (χ0v) is 12.1. The molecule has 0 radical (unpaired) electrons. The van der Waals surface area contributed by atoms with Gasteiger partial charge in [0.15, 0.2) is 0 Å². The molecule has 0 saturated carbocycles. The molecular formula is C11H13FINO2S. The minimum atomic E-state index is -3.44. The molecule has 1 aliphatic rings. The first kappa shape index (κ1) is 13.2. The Hall–Kier alpha value is -0.210. The number of alkyl halides is 1. The number of halogens is 2. The summed E-state index contributed by atoms with van der Waals surface area (Å²) in [5.41, 5.74) is 0. The van der Waals surface area contributed by atoms with Gasteiger partial charge in [-0.05, 0) is 59.7 Å². The maximum absolute atomic E-state index is 13.0. The predicted octanol–water partition coefficient (Wildman–Crippen LogP) is 2.41. The number of hydrogen-bond donors (Lipinski definition) is 0. The van der Waals surface area contributed by atoms with E-state index in [9.17, 15) is 12.8 Å². The van der Waals surface area contributed by atoms with Crippen molar-refractivity contribution in [2.45, 2.75) is 23.9 Å². The number of nitrogens with zero attached hydrogens (tertiary/aromatic N) is 1. The summed E-state index contributed by atoms with van der Waals surface area (Å²) in [6.07, 6.45) is -0.272. The fourth-order valence-corrected chi connectivity index (χ4v) is 3.65. The average molecular weight is 369 g/mol. The van der Waals surface area contributed by atoms with Crippen molar-refractivity contribution in [3.63, 3.8) is 0 Å². The second kappa shape index (κ2) is 5.19. The Kier molecular flexibility index (Phi) is 4.04. The van der Waals surface area contributed by atoms with Crippen LogP contribution >= 0.6 is 22.6 Å². The minimum absolute atomic E-state index is 0.273. The normalized spacial score (nSPS) is 19.4. The van der Waals surface area contributed by atoms with Gasteiger partial charge in [-0.2, -0.15) is 4.31 Å². The fourth-order valence-electron chi connectivity index (χ4n) is 1.82. The summed E-state index contributed by atoms with van der Waals surface area (Å²) < 4.78 is 39.7. The maximum Gasteiger partial charge on any atom is 0.243 e. The van der Waals surface area contributed by atoms with E-state index in [0.29, 0.717) is 12.8 Å². The molecule has 0 aromatic heterocycles. The van der Waals surface area contributed by atoms with Gasteiger partial charge in [-0.1, -0.05) is 0 Å². The van der Waals surface area contributed by atoms with Crippen LogP contribution in [0.3, 0.4) is 0 Å². The van der Waals surface area contributed by atoms with Gasteiger partial charge >= 0.3 is 0 Å². The van der Waals surface area contributed by atoms with E-state index >= 15 is 0 Å². The summed E-state index contributed by atoms with van der Waals surface area (Å²) in [7, 11) is -3.44. The first-order valence-corrected chi connectivity index (χ1v) is 7.92. The lowest BCUT2D eigenvalue weighted by molar-refractivity contribution is 0.210. The highest BCUT2D eigenvalue weighted by molar-refractivity contribution is 14.1. The molecule has 0 spiro atoms. The largest absolute Gasteiger partial charge is 0.247 e. The van der Waals surface area contributed by atoms with Crippen LogP contribution < -0.4 is 0 Å². The summed E-state index contributed by atoms with van der Waals surface area (Å²) >= 11 is 2.12. The van der Waals surface area contributed by atoms with Gasteiger partial charge in [0.2, 0.25) is 10.0 Å². The Morgan fingerprint density at radius 3 is 2.24 bits per heavy atom. The maximum atomic E-state index is 13.0. The Balaban J connectivity index is 2.21. The molecule has 94 valence electrons. The second-order valence-electron chi connectivity index (χ2n) is 4.03. The standard InChI is InChI=1S/C11H13FINO2S/c12-9-5-7-14(8-6-9)17(15,16)11-3-1-10(13)2-4-11/h1-4,9H,5-8H2. The molecule has 1 aromatic carbocycles. The van der Waals surface area contributed by atoms with E-state index in [1.807, 2.05) is 0 Å². The fraction of sp³-hybridized carbons (Fsp3) is 0.455. The molecular weight excluding hydrogens is 356 g/mol. The molecule has 1 fully saturated rings. The van der Waals surface area contributed by atoms with Crippen molar-refractivity contribution in [1.82, 2.24) is 4.31 Å². The molecule has 0 aliphatic carbocycles. The van der Waals surface area contributed by atoms with Crippen LogP contribution in [0.15, 0.2) is 29.2 Å². The average Bonchev–Trinajstić information content (AvgIpc) is 2.30. The van der Waals surface area contributed by atoms with Gasteiger partial charge in [0.25, 0.3) is 0 Å². The number of piperidine rings is 1. The van der Waals surface area contributed by atoms with Gasteiger partial charge < -0.3 is 0 Å². The molecule has 1 saturated heterocycles. The lowest BCUT2D eigenvalue weighted by Crippen LogP contribution is -2.38. The second-order valence-corrected chi connectivity index (χ2v) is 7.22. The highest BCUT2D eigenvalue weighted by Gasteiger charge is 2.28. The van der Waals surface area contributed by atoms with Crippen LogP contribution in [0.1, 0.15) is 12.8 Å². The minimum Gasteiger partial charge on any atom is -0.247 e. The van der Waals surface area contributed by atoms with Crippen molar-refractivity contribution in [3.05, 3.63) is 27.8 Å². The first-order chi connectivity index (χ1) is 8.00. The van der Waals surface area contributed by atoms with Crippen LogP contribution in [0, 0.1) is 3.57 Å². The van der Waals surface area contributed by atoms with E-state index in [2.05, 4.69) is 22.6 Å². The van der Waals surface area contributed by atoms with Crippen LogP contribution in [-0.4, -0.2) is 32.0 Å². The van der Waals surface area contributed by atoms with Crippen LogP contribution in [0.4, 0.5) is 4.39 Å². The monoisotopic (exact) mass is 369 g/mol. The van der Waals surface area contributed by atoms with Crippen LogP contribution in [-0.2, 0) is 10.0 Å². The SMILES string of the molecule is O=S(=O)(c1ccc(I)cc1)N1CCC(F)CC1. The molecule has 0 bridgehead atoms. The lowest BCUT2D eigenvalue weighted by Gasteiger charge is -2.27. The number of rotatable bonds is 2. The van der Waals surface area contributed by atoms with Gasteiger partial charge in [-0.3, -0.25) is 0 Å². The highest BCUT2D eigenvalue weighted by Crippen LogP contribution is 2.22. The third kappa shape index (κ3) is 2.97. The topological polar surface area (TPSA) is 37.4 Å². The first-order valence-electron chi connectivity index (χ1n) is 5.40. The number of hydrogen-bond acceptors (Lipinski definition) is 2. The number of sulfonamides is 1. The van der Waals surface area contributed by atoms with Gasteiger partial charge in [0.05, 0.1) is 4.90 Å². The van der Waals surface area contributed by atoms with Crippen molar-refractivity contribution in [1.29, 1.82) is 0 Å². The zero-order chi connectivity index (χ0) is 12.5. The van der Waals surface area contributed by atoms with Crippen molar-refractivity contribution < 1.29 is 12.8 Å². The van der Waals surface area contributed by atoms with Gasteiger partial charge in [-0.15, -0.1) is 0 Å². The summed E-state index contributed by atoms with van der Waals surface area (Å²) in [5.74, 6) is 0. The molecule has 1 aliphatic heterocycles. The van der Waals surface area contributed by atoms with E-state index in [4.69, 9.17) is 0 Å². The van der Waals surface area contributed by atoms with E-state index in [1.165, 1.54) is 4.31 Å². The zero-order valence-electron chi connectivity index (χ0n) is 9.14. The molecule has 3 nitrogen and oxygen atoms in total. The van der Waals surface area contributed by atoms with E-state index < -0.39 is 16.2 Å². The van der Waals surface area contributed by atoms with Crippen molar-refractivity contribution >= 4 is 32.6 Å². The Morgan fingerprint density at radius 2 is 1.71 bits per heavy atom. The highest BCUT2D eigenvalue weighted by atomic mass is 127. The van der Waals surface area contributed by atoms with E-state index in [1.54, 1.807) is 24.3 Å². The summed E-state index contributed by atoms with van der Waals surface area (Å²) in [6.45, 7) is 0.547. The predicted molar refractivity (Wildman–Crippen MR) is 72.0 cm³/mol. The molecule has 0 N–H and O–H groups in total.